The number of piperazine rings is 1. The van der Waals surface area contributed by atoms with E-state index in [0.29, 0.717) is 24.1 Å². The molecule has 0 aliphatic carbocycles. The molecule has 0 aromatic heterocycles. The third-order valence-corrected chi connectivity index (χ3v) is 6.41. The van der Waals surface area contributed by atoms with Gasteiger partial charge in [0.15, 0.2) is 0 Å². The lowest BCUT2D eigenvalue weighted by Crippen LogP contribution is -2.52. The van der Waals surface area contributed by atoms with E-state index in [9.17, 15) is 8.42 Å². The average Bonchev–Trinajstić information content (AvgIpc) is 2.32. The molecule has 0 bridgehead atoms. The zero-order chi connectivity index (χ0) is 13.3. The maximum Gasteiger partial charge on any atom is 0.244 e. The summed E-state index contributed by atoms with van der Waals surface area (Å²) in [5.74, 6) is 0. The van der Waals surface area contributed by atoms with Gasteiger partial charge in [-0.15, -0.1) is 12.4 Å². The molecule has 1 aliphatic heterocycles. The molecule has 1 heterocycles. The van der Waals surface area contributed by atoms with E-state index in [4.69, 9.17) is 11.6 Å². The van der Waals surface area contributed by atoms with Crippen LogP contribution in [-0.2, 0) is 10.0 Å². The van der Waals surface area contributed by atoms with Crippen LogP contribution in [0.15, 0.2) is 27.6 Å². The van der Waals surface area contributed by atoms with Gasteiger partial charge >= 0.3 is 0 Å². The summed E-state index contributed by atoms with van der Waals surface area (Å²) < 4.78 is 27.2. The minimum Gasteiger partial charge on any atom is -0.314 e. The highest BCUT2D eigenvalue weighted by atomic mass is 79.9. The Labute approximate surface area is 133 Å². The minimum atomic E-state index is -3.53. The molecule has 0 spiro atoms. The predicted molar refractivity (Wildman–Crippen MR) is 82.6 cm³/mol. The van der Waals surface area contributed by atoms with Crippen molar-refractivity contribution in [3.63, 3.8) is 0 Å². The molecule has 1 aliphatic rings. The van der Waals surface area contributed by atoms with E-state index >= 15 is 0 Å². The second-order valence-corrected chi connectivity index (χ2v) is 7.31. The Morgan fingerprint density at radius 1 is 1.47 bits per heavy atom. The van der Waals surface area contributed by atoms with Crippen LogP contribution in [0.2, 0.25) is 5.02 Å². The summed E-state index contributed by atoms with van der Waals surface area (Å²) in [5, 5.41) is 3.40. The zero-order valence-electron chi connectivity index (χ0n) is 10.3. The number of benzene rings is 1. The number of hydrogen-bond donors (Lipinski definition) is 1. The minimum absolute atomic E-state index is 0. The first kappa shape index (κ1) is 17.2. The third kappa shape index (κ3) is 3.43. The Bertz CT molecular complexity index is 554. The summed E-state index contributed by atoms with van der Waals surface area (Å²) in [6.45, 7) is 3.67. The molecule has 108 valence electrons. The standard InChI is InChI=1S/C11H14BrClN2O2S.ClH/c1-8-7-14-5-6-15(8)18(16,17)10-4-2-3-9(12)11(10)13;/h2-4,8,14H,5-7H2,1H3;1H/t8-;/m1./s1. The van der Waals surface area contributed by atoms with Crippen LogP contribution < -0.4 is 5.32 Å². The van der Waals surface area contributed by atoms with E-state index < -0.39 is 10.0 Å². The smallest absolute Gasteiger partial charge is 0.244 e. The molecule has 1 aromatic carbocycles. The molecule has 1 N–H and O–H groups in total. The van der Waals surface area contributed by atoms with Gasteiger partial charge in [0.2, 0.25) is 10.0 Å². The second kappa shape index (κ2) is 6.74. The Morgan fingerprint density at radius 3 is 2.79 bits per heavy atom. The lowest BCUT2D eigenvalue weighted by atomic mass is 10.3. The van der Waals surface area contributed by atoms with Gasteiger partial charge in [-0.1, -0.05) is 17.7 Å². The van der Waals surface area contributed by atoms with Crippen molar-refractivity contribution >= 4 is 50.0 Å². The SMILES string of the molecule is C[C@@H]1CNCCN1S(=O)(=O)c1cccc(Br)c1Cl.Cl. The molecular formula is C11H15BrCl2N2O2S. The van der Waals surface area contributed by atoms with Gasteiger partial charge < -0.3 is 5.32 Å². The Hall–Kier alpha value is 0.150. The number of sulfonamides is 1. The second-order valence-electron chi connectivity index (χ2n) is 4.22. The van der Waals surface area contributed by atoms with E-state index in [2.05, 4.69) is 21.2 Å². The first-order valence-corrected chi connectivity index (χ1v) is 8.22. The fourth-order valence-corrected chi connectivity index (χ4v) is 4.62. The summed E-state index contributed by atoms with van der Waals surface area (Å²) >= 11 is 9.33. The maximum atomic E-state index is 12.6. The monoisotopic (exact) mass is 388 g/mol. The van der Waals surface area contributed by atoms with E-state index in [0.717, 1.165) is 0 Å². The highest BCUT2D eigenvalue weighted by molar-refractivity contribution is 9.10. The summed E-state index contributed by atoms with van der Waals surface area (Å²) in [7, 11) is -3.53. The highest BCUT2D eigenvalue weighted by Gasteiger charge is 2.32. The molecule has 0 unspecified atom stereocenters. The molecule has 0 saturated carbocycles. The van der Waals surface area contributed by atoms with Crippen LogP contribution >= 0.6 is 39.9 Å². The van der Waals surface area contributed by atoms with E-state index in [1.54, 1.807) is 12.1 Å². The van der Waals surface area contributed by atoms with Crippen LogP contribution in [0.4, 0.5) is 0 Å². The van der Waals surface area contributed by atoms with Gasteiger partial charge in [-0.2, -0.15) is 4.31 Å². The van der Waals surface area contributed by atoms with Crippen LogP contribution in [0.3, 0.4) is 0 Å². The largest absolute Gasteiger partial charge is 0.314 e. The fraction of sp³-hybridized carbons (Fsp3) is 0.455. The van der Waals surface area contributed by atoms with Gasteiger partial charge in [-0.25, -0.2) is 8.42 Å². The van der Waals surface area contributed by atoms with Crippen molar-refractivity contribution in [3.05, 3.63) is 27.7 Å². The number of nitrogens with one attached hydrogen (secondary N) is 1. The molecule has 8 heteroatoms. The van der Waals surface area contributed by atoms with E-state index in [-0.39, 0.29) is 28.4 Å². The quantitative estimate of drug-likeness (QED) is 0.845. The Kier molecular flexibility index (Phi) is 6.10. The van der Waals surface area contributed by atoms with Gasteiger partial charge in [0.1, 0.15) is 4.90 Å². The van der Waals surface area contributed by atoms with Crippen molar-refractivity contribution in [3.8, 4) is 0 Å². The molecule has 1 fully saturated rings. The van der Waals surface area contributed by atoms with Crippen molar-refractivity contribution in [2.24, 2.45) is 0 Å². The van der Waals surface area contributed by atoms with Crippen molar-refractivity contribution < 1.29 is 8.42 Å². The lowest BCUT2D eigenvalue weighted by molar-refractivity contribution is 0.284. The lowest BCUT2D eigenvalue weighted by Gasteiger charge is -2.33. The van der Waals surface area contributed by atoms with Gasteiger partial charge in [-0.05, 0) is 35.0 Å². The van der Waals surface area contributed by atoms with Crippen LogP contribution in [-0.4, -0.2) is 38.4 Å². The summed E-state index contributed by atoms with van der Waals surface area (Å²) in [5.41, 5.74) is 0. The zero-order valence-corrected chi connectivity index (χ0v) is 14.2. The maximum absolute atomic E-state index is 12.6. The Balaban J connectivity index is 0.00000180. The molecule has 19 heavy (non-hydrogen) atoms. The topological polar surface area (TPSA) is 49.4 Å². The normalized spacial score (nSPS) is 20.9. The van der Waals surface area contributed by atoms with Gasteiger partial charge in [0.25, 0.3) is 0 Å². The number of nitrogens with zero attached hydrogens (tertiary/aromatic N) is 1. The predicted octanol–water partition coefficient (Wildman–Crippen LogP) is 2.51. The fourth-order valence-electron chi connectivity index (χ4n) is 1.99. The van der Waals surface area contributed by atoms with Gasteiger partial charge in [0.05, 0.1) is 5.02 Å². The molecule has 4 nitrogen and oxygen atoms in total. The average molecular weight is 390 g/mol. The first-order chi connectivity index (χ1) is 8.44. The molecule has 2 rings (SSSR count). The Morgan fingerprint density at radius 2 is 2.16 bits per heavy atom. The van der Waals surface area contributed by atoms with E-state index in [1.807, 2.05) is 6.92 Å². The van der Waals surface area contributed by atoms with Gasteiger partial charge in [0, 0.05) is 30.1 Å². The van der Waals surface area contributed by atoms with Gasteiger partial charge in [-0.3, -0.25) is 0 Å². The number of halogens is 3. The summed E-state index contributed by atoms with van der Waals surface area (Å²) in [6, 6.07) is 4.87. The van der Waals surface area contributed by atoms with E-state index in [1.165, 1.54) is 10.4 Å². The van der Waals surface area contributed by atoms with Crippen molar-refractivity contribution in [1.29, 1.82) is 0 Å². The summed E-state index contributed by atoms with van der Waals surface area (Å²) in [4.78, 5) is 0.160. The van der Waals surface area contributed by atoms with Crippen molar-refractivity contribution in [1.82, 2.24) is 9.62 Å². The highest BCUT2D eigenvalue weighted by Crippen LogP contribution is 2.31. The molecule has 1 atom stereocenters. The summed E-state index contributed by atoms with van der Waals surface area (Å²) in [6.07, 6.45) is 0. The number of rotatable bonds is 2. The third-order valence-electron chi connectivity index (χ3n) is 2.94. The van der Waals surface area contributed by atoms with Crippen molar-refractivity contribution in [2.45, 2.75) is 17.9 Å². The first-order valence-electron chi connectivity index (χ1n) is 5.61. The van der Waals surface area contributed by atoms with Crippen molar-refractivity contribution in [2.75, 3.05) is 19.6 Å². The van der Waals surface area contributed by atoms with Crippen LogP contribution in [0.1, 0.15) is 6.92 Å². The van der Waals surface area contributed by atoms with Crippen LogP contribution in [0.25, 0.3) is 0 Å². The molecular weight excluding hydrogens is 375 g/mol. The number of hydrogen-bond acceptors (Lipinski definition) is 3. The van der Waals surface area contributed by atoms with Crippen LogP contribution in [0.5, 0.6) is 0 Å². The molecule has 1 saturated heterocycles. The molecule has 0 radical (unpaired) electrons. The molecule has 1 aromatic rings. The van der Waals surface area contributed by atoms with Crippen LogP contribution in [0, 0.1) is 0 Å². The molecule has 0 amide bonds.